The van der Waals surface area contributed by atoms with Gasteiger partial charge in [-0.3, -0.25) is 20.2 Å². The van der Waals surface area contributed by atoms with Gasteiger partial charge in [0, 0.05) is 6.07 Å². The van der Waals surface area contributed by atoms with Gasteiger partial charge in [-0.25, -0.2) is 0 Å². The maximum atomic E-state index is 11.2. The van der Waals surface area contributed by atoms with Crippen LogP contribution in [0.5, 0.6) is 0 Å². The summed E-state index contributed by atoms with van der Waals surface area (Å²) in [5.74, 6) is 0. The lowest BCUT2D eigenvalue weighted by atomic mass is 10.1. The Labute approximate surface area is 135 Å². The average Bonchev–Trinajstić information content (AvgIpc) is 2.93. The maximum absolute atomic E-state index is 11.2. The minimum absolute atomic E-state index is 0.0169. The third-order valence-electron chi connectivity index (χ3n) is 3.89. The fourth-order valence-corrected chi connectivity index (χ4v) is 2.50. The molecule has 2 aromatic carbocycles. The van der Waals surface area contributed by atoms with E-state index < -0.39 is 21.2 Å². The van der Waals surface area contributed by atoms with E-state index in [4.69, 9.17) is 0 Å². The number of nitro groups is 2. The van der Waals surface area contributed by atoms with Gasteiger partial charge in [0.25, 0.3) is 5.69 Å². The van der Waals surface area contributed by atoms with E-state index in [0.29, 0.717) is 5.69 Å². The molecule has 3 rings (SSSR count). The number of nitrogens with zero attached hydrogens (tertiary/aromatic N) is 5. The molecule has 0 aliphatic rings. The van der Waals surface area contributed by atoms with Crippen LogP contribution in [0.2, 0.25) is 0 Å². The average molecular weight is 327 g/mol. The van der Waals surface area contributed by atoms with E-state index >= 15 is 0 Å². The van der Waals surface area contributed by atoms with Crippen LogP contribution in [0.1, 0.15) is 16.7 Å². The zero-order valence-electron chi connectivity index (χ0n) is 13.2. The van der Waals surface area contributed by atoms with E-state index in [1.54, 1.807) is 0 Å². The summed E-state index contributed by atoms with van der Waals surface area (Å²) >= 11 is 0. The summed E-state index contributed by atoms with van der Waals surface area (Å²) in [5.41, 5.74) is 3.00. The summed E-state index contributed by atoms with van der Waals surface area (Å²) in [4.78, 5) is 22.1. The molecule has 9 heteroatoms. The first-order chi connectivity index (χ1) is 11.3. The van der Waals surface area contributed by atoms with Gasteiger partial charge in [0.05, 0.1) is 21.6 Å². The van der Waals surface area contributed by atoms with Crippen molar-refractivity contribution in [3.05, 3.63) is 61.2 Å². The minimum Gasteiger partial charge on any atom is -0.258 e. The van der Waals surface area contributed by atoms with Crippen LogP contribution >= 0.6 is 0 Å². The van der Waals surface area contributed by atoms with Gasteiger partial charge < -0.3 is 0 Å². The first-order valence-electron chi connectivity index (χ1n) is 7.06. The standard InChI is InChI=1S/C15H13N5O4/c1-8-4-10(3)13(5-9(8)2)18-16-12-6-11(19(21)22)7-14(20(23)24)15(12)17-18/h4-7H,1-3H3. The van der Waals surface area contributed by atoms with Gasteiger partial charge in [-0.05, 0) is 43.5 Å². The molecule has 0 aliphatic carbocycles. The van der Waals surface area contributed by atoms with Crippen molar-refractivity contribution in [2.24, 2.45) is 0 Å². The van der Waals surface area contributed by atoms with Crippen LogP contribution in [0.3, 0.4) is 0 Å². The normalized spacial score (nSPS) is 11.0. The van der Waals surface area contributed by atoms with Crippen LogP contribution in [-0.2, 0) is 0 Å². The second-order valence-electron chi connectivity index (χ2n) is 5.56. The van der Waals surface area contributed by atoms with Crippen LogP contribution in [0.25, 0.3) is 16.7 Å². The monoisotopic (exact) mass is 327 g/mol. The summed E-state index contributed by atoms with van der Waals surface area (Å²) < 4.78 is 0. The topological polar surface area (TPSA) is 117 Å². The number of benzene rings is 2. The molecule has 0 fully saturated rings. The molecule has 3 aromatic rings. The number of rotatable bonds is 3. The number of aromatic nitrogens is 3. The number of aryl methyl sites for hydroxylation is 3. The molecule has 0 atom stereocenters. The fourth-order valence-electron chi connectivity index (χ4n) is 2.50. The first kappa shape index (κ1) is 15.5. The van der Waals surface area contributed by atoms with Crippen LogP contribution < -0.4 is 0 Å². The van der Waals surface area contributed by atoms with Crippen molar-refractivity contribution in [2.45, 2.75) is 20.8 Å². The largest absolute Gasteiger partial charge is 0.305 e. The highest BCUT2D eigenvalue weighted by molar-refractivity contribution is 5.86. The second kappa shape index (κ2) is 5.37. The third-order valence-corrected chi connectivity index (χ3v) is 3.89. The molecule has 9 nitrogen and oxygen atoms in total. The fraction of sp³-hybridized carbons (Fsp3) is 0.200. The molecule has 0 amide bonds. The smallest absolute Gasteiger partial charge is 0.258 e. The van der Waals surface area contributed by atoms with Crippen LogP contribution in [0.4, 0.5) is 11.4 Å². The highest BCUT2D eigenvalue weighted by atomic mass is 16.6. The molecule has 0 aliphatic heterocycles. The van der Waals surface area contributed by atoms with Gasteiger partial charge in [-0.15, -0.1) is 15.0 Å². The van der Waals surface area contributed by atoms with Crippen molar-refractivity contribution in [2.75, 3.05) is 0 Å². The Morgan fingerprint density at radius 3 is 2.17 bits per heavy atom. The SMILES string of the molecule is Cc1cc(C)c(-n2nc3cc([N+](=O)[O-])cc([N+](=O)[O-])c3n2)cc1C. The van der Waals surface area contributed by atoms with Gasteiger partial charge in [-0.1, -0.05) is 6.07 Å². The molecule has 122 valence electrons. The Balaban J connectivity index is 2.29. The van der Waals surface area contributed by atoms with E-state index in [9.17, 15) is 20.2 Å². The summed E-state index contributed by atoms with van der Waals surface area (Å²) in [6.45, 7) is 5.80. The molecule has 0 radical (unpaired) electrons. The van der Waals surface area contributed by atoms with Gasteiger partial charge in [-0.2, -0.15) is 0 Å². The van der Waals surface area contributed by atoms with Crippen LogP contribution in [-0.4, -0.2) is 24.8 Å². The molecular formula is C15H13N5O4. The predicted molar refractivity (Wildman–Crippen MR) is 86.4 cm³/mol. The van der Waals surface area contributed by atoms with E-state index in [2.05, 4.69) is 10.2 Å². The zero-order valence-corrected chi connectivity index (χ0v) is 13.2. The third kappa shape index (κ3) is 2.45. The van der Waals surface area contributed by atoms with E-state index in [1.165, 1.54) is 10.9 Å². The molecule has 1 aromatic heterocycles. The first-order valence-corrected chi connectivity index (χ1v) is 7.06. The predicted octanol–water partition coefficient (Wildman–Crippen LogP) is 3.16. The van der Waals surface area contributed by atoms with Crippen molar-refractivity contribution in [3.8, 4) is 5.69 Å². The van der Waals surface area contributed by atoms with Crippen molar-refractivity contribution in [3.63, 3.8) is 0 Å². The Bertz CT molecular complexity index is 1010. The molecule has 0 bridgehead atoms. The summed E-state index contributed by atoms with van der Waals surface area (Å²) in [6.07, 6.45) is 0. The molecule has 24 heavy (non-hydrogen) atoms. The minimum atomic E-state index is -0.693. The molecule has 1 heterocycles. The Morgan fingerprint density at radius 2 is 1.54 bits per heavy atom. The van der Waals surface area contributed by atoms with Crippen LogP contribution in [0.15, 0.2) is 24.3 Å². The molecule has 0 N–H and O–H groups in total. The molecule has 0 spiro atoms. The molecule has 0 unspecified atom stereocenters. The van der Waals surface area contributed by atoms with Gasteiger partial charge in [0.2, 0.25) is 0 Å². The number of nitro benzene ring substituents is 2. The number of hydrogen-bond acceptors (Lipinski definition) is 6. The highest BCUT2D eigenvalue weighted by Crippen LogP contribution is 2.29. The number of non-ortho nitro benzene ring substituents is 2. The van der Waals surface area contributed by atoms with Crippen molar-refractivity contribution in [1.82, 2.24) is 15.0 Å². The van der Waals surface area contributed by atoms with Gasteiger partial charge in [0.15, 0.2) is 5.52 Å². The molecule has 0 saturated carbocycles. The second-order valence-corrected chi connectivity index (χ2v) is 5.56. The summed E-state index contributed by atoms with van der Waals surface area (Å²) in [5, 5.41) is 30.5. The summed E-state index contributed by atoms with van der Waals surface area (Å²) in [7, 11) is 0. The van der Waals surface area contributed by atoms with Crippen LogP contribution in [0, 0.1) is 41.0 Å². The number of hydrogen-bond donors (Lipinski definition) is 0. The van der Waals surface area contributed by atoms with Crippen molar-refractivity contribution < 1.29 is 9.85 Å². The van der Waals surface area contributed by atoms with Crippen molar-refractivity contribution in [1.29, 1.82) is 0 Å². The summed E-state index contributed by atoms with van der Waals surface area (Å²) in [6, 6.07) is 5.93. The van der Waals surface area contributed by atoms with Gasteiger partial charge in [0.1, 0.15) is 5.52 Å². The molecular weight excluding hydrogens is 314 g/mol. The Hall–Kier alpha value is -3.36. The lowest BCUT2D eigenvalue weighted by Crippen LogP contribution is -2.02. The zero-order chi connectivity index (χ0) is 17.6. The lowest BCUT2D eigenvalue weighted by molar-refractivity contribution is -0.393. The maximum Gasteiger partial charge on any atom is 0.305 e. The molecule has 0 saturated heterocycles. The highest BCUT2D eigenvalue weighted by Gasteiger charge is 2.23. The van der Waals surface area contributed by atoms with E-state index in [-0.39, 0.29) is 11.0 Å². The van der Waals surface area contributed by atoms with Gasteiger partial charge >= 0.3 is 5.69 Å². The number of fused-ring (bicyclic) bond motifs is 1. The Morgan fingerprint density at radius 1 is 0.875 bits per heavy atom. The Kier molecular flexibility index (Phi) is 3.48. The van der Waals surface area contributed by atoms with E-state index in [0.717, 1.165) is 22.8 Å². The lowest BCUT2D eigenvalue weighted by Gasteiger charge is -2.08. The van der Waals surface area contributed by atoms with Crippen molar-refractivity contribution >= 4 is 22.4 Å². The quantitative estimate of drug-likeness (QED) is 0.538. The van der Waals surface area contributed by atoms with E-state index in [1.807, 2.05) is 32.9 Å².